The van der Waals surface area contributed by atoms with Crippen molar-refractivity contribution in [3.8, 4) is 5.75 Å². The van der Waals surface area contributed by atoms with Crippen molar-refractivity contribution in [2.45, 2.75) is 13.2 Å². The predicted molar refractivity (Wildman–Crippen MR) is 70.8 cm³/mol. The number of nitrogens with two attached hydrogens (primary N) is 1. The lowest BCUT2D eigenvalue weighted by Gasteiger charge is -2.07. The lowest BCUT2D eigenvalue weighted by atomic mass is 10.2. The maximum Gasteiger partial charge on any atom is 0.123 e. The third-order valence-corrected chi connectivity index (χ3v) is 2.62. The van der Waals surface area contributed by atoms with Gasteiger partial charge in [0, 0.05) is 12.1 Å². The number of methoxy groups -OCH3 is 1. The Morgan fingerprint density at radius 2 is 2.16 bits per heavy atom. The van der Waals surface area contributed by atoms with E-state index < -0.39 is 0 Å². The lowest BCUT2D eigenvalue weighted by Crippen LogP contribution is -2.08. The topological polar surface area (TPSA) is 75.2 Å². The van der Waals surface area contributed by atoms with Gasteiger partial charge in [-0.1, -0.05) is 23.4 Å². The summed E-state index contributed by atoms with van der Waals surface area (Å²) in [5.74, 6) is 0.846. The minimum atomic E-state index is 0.434. The van der Waals surface area contributed by atoms with E-state index in [1.807, 2.05) is 30.5 Å². The molecule has 2 rings (SSSR count). The molecule has 19 heavy (non-hydrogen) atoms. The molecule has 1 aromatic carbocycles. The molecule has 0 saturated carbocycles. The van der Waals surface area contributed by atoms with E-state index in [0.29, 0.717) is 26.3 Å². The van der Waals surface area contributed by atoms with Gasteiger partial charge in [0.1, 0.15) is 11.4 Å². The van der Waals surface area contributed by atoms with Crippen molar-refractivity contribution < 1.29 is 9.47 Å². The zero-order valence-corrected chi connectivity index (χ0v) is 11.0. The highest BCUT2D eigenvalue weighted by molar-refractivity contribution is 5.33. The summed E-state index contributed by atoms with van der Waals surface area (Å²) in [4.78, 5) is 0. The zero-order valence-electron chi connectivity index (χ0n) is 11.0. The van der Waals surface area contributed by atoms with Crippen LogP contribution in [0, 0.1) is 0 Å². The molecule has 1 heterocycles. The van der Waals surface area contributed by atoms with Crippen LogP contribution in [0.25, 0.3) is 0 Å². The Kier molecular flexibility index (Phi) is 4.88. The molecule has 102 valence electrons. The van der Waals surface area contributed by atoms with Gasteiger partial charge in [-0.2, -0.15) is 0 Å². The molecule has 2 N–H and O–H groups in total. The molecule has 0 atom stereocenters. The highest BCUT2D eigenvalue weighted by atomic mass is 16.5. The van der Waals surface area contributed by atoms with Crippen molar-refractivity contribution in [2.75, 3.05) is 20.3 Å². The van der Waals surface area contributed by atoms with Crippen LogP contribution in [0.15, 0.2) is 30.5 Å². The van der Waals surface area contributed by atoms with Gasteiger partial charge in [-0.25, -0.2) is 4.68 Å². The second-order valence-corrected chi connectivity index (χ2v) is 4.06. The largest absolute Gasteiger partial charge is 0.496 e. The maximum absolute atomic E-state index is 5.35. The highest BCUT2D eigenvalue weighted by Gasteiger charge is 2.05. The molecule has 0 amide bonds. The van der Waals surface area contributed by atoms with Crippen LogP contribution in [0.2, 0.25) is 0 Å². The average Bonchev–Trinajstić information content (AvgIpc) is 2.87. The number of rotatable bonds is 7. The van der Waals surface area contributed by atoms with Crippen molar-refractivity contribution >= 4 is 0 Å². The van der Waals surface area contributed by atoms with Gasteiger partial charge in [0.15, 0.2) is 0 Å². The smallest absolute Gasteiger partial charge is 0.123 e. The van der Waals surface area contributed by atoms with Gasteiger partial charge in [-0.3, -0.25) is 0 Å². The molecule has 0 aliphatic heterocycles. The SMILES string of the molecule is COc1ccccc1Cn1cc(COCCN)nn1. The van der Waals surface area contributed by atoms with Crippen LogP contribution < -0.4 is 10.5 Å². The minimum absolute atomic E-state index is 0.434. The number of aromatic nitrogens is 3. The molecule has 0 radical (unpaired) electrons. The van der Waals surface area contributed by atoms with E-state index in [-0.39, 0.29) is 0 Å². The Morgan fingerprint density at radius 3 is 2.95 bits per heavy atom. The summed E-state index contributed by atoms with van der Waals surface area (Å²) >= 11 is 0. The number of para-hydroxylation sites is 1. The van der Waals surface area contributed by atoms with E-state index in [4.69, 9.17) is 15.2 Å². The third-order valence-electron chi connectivity index (χ3n) is 2.62. The summed E-state index contributed by atoms with van der Waals surface area (Å²) in [5.41, 5.74) is 7.21. The van der Waals surface area contributed by atoms with E-state index >= 15 is 0 Å². The van der Waals surface area contributed by atoms with Gasteiger partial charge in [0.05, 0.1) is 33.1 Å². The van der Waals surface area contributed by atoms with Crippen LogP contribution in [-0.4, -0.2) is 35.3 Å². The summed E-state index contributed by atoms with van der Waals surface area (Å²) in [6.07, 6.45) is 1.86. The van der Waals surface area contributed by atoms with Gasteiger partial charge in [-0.05, 0) is 6.07 Å². The quantitative estimate of drug-likeness (QED) is 0.747. The van der Waals surface area contributed by atoms with Crippen LogP contribution in [-0.2, 0) is 17.9 Å². The van der Waals surface area contributed by atoms with Gasteiger partial charge < -0.3 is 15.2 Å². The summed E-state index contributed by atoms with van der Waals surface area (Å²) in [7, 11) is 1.66. The molecule has 0 aliphatic carbocycles. The van der Waals surface area contributed by atoms with E-state index in [9.17, 15) is 0 Å². The number of benzene rings is 1. The van der Waals surface area contributed by atoms with Gasteiger partial charge in [0.25, 0.3) is 0 Å². The number of nitrogens with zero attached hydrogens (tertiary/aromatic N) is 3. The minimum Gasteiger partial charge on any atom is -0.496 e. The Hall–Kier alpha value is -1.92. The summed E-state index contributed by atoms with van der Waals surface area (Å²) in [6.45, 7) is 2.09. The lowest BCUT2D eigenvalue weighted by molar-refractivity contribution is 0.125. The number of ether oxygens (including phenoxy) is 2. The van der Waals surface area contributed by atoms with Crippen molar-refractivity contribution in [2.24, 2.45) is 5.73 Å². The van der Waals surface area contributed by atoms with E-state index in [1.54, 1.807) is 11.8 Å². The highest BCUT2D eigenvalue weighted by Crippen LogP contribution is 2.18. The number of hydrogen-bond donors (Lipinski definition) is 1. The molecule has 0 spiro atoms. The Morgan fingerprint density at radius 1 is 1.32 bits per heavy atom. The second kappa shape index (κ2) is 6.86. The Labute approximate surface area is 112 Å². The fourth-order valence-electron chi connectivity index (χ4n) is 1.75. The van der Waals surface area contributed by atoms with E-state index in [1.165, 1.54) is 0 Å². The first kappa shape index (κ1) is 13.5. The average molecular weight is 262 g/mol. The van der Waals surface area contributed by atoms with Crippen LogP contribution in [0.1, 0.15) is 11.3 Å². The molecule has 0 bridgehead atoms. The zero-order chi connectivity index (χ0) is 13.5. The molecule has 0 unspecified atom stereocenters. The van der Waals surface area contributed by atoms with Crippen LogP contribution >= 0.6 is 0 Å². The molecular weight excluding hydrogens is 244 g/mol. The number of hydrogen-bond acceptors (Lipinski definition) is 5. The predicted octanol–water partition coefficient (Wildman–Crippen LogP) is 0.810. The van der Waals surface area contributed by atoms with Crippen molar-refractivity contribution in [1.82, 2.24) is 15.0 Å². The van der Waals surface area contributed by atoms with Crippen molar-refractivity contribution in [1.29, 1.82) is 0 Å². The standard InChI is InChI=1S/C13H18N4O2/c1-18-13-5-3-2-4-11(13)8-17-9-12(15-16-17)10-19-7-6-14/h2-5,9H,6-8,10,14H2,1H3. The molecular formula is C13H18N4O2. The van der Waals surface area contributed by atoms with Gasteiger partial charge in [-0.15, -0.1) is 5.10 Å². The van der Waals surface area contributed by atoms with E-state index in [2.05, 4.69) is 10.3 Å². The first-order valence-electron chi connectivity index (χ1n) is 6.12. The monoisotopic (exact) mass is 262 g/mol. The van der Waals surface area contributed by atoms with Crippen LogP contribution in [0.3, 0.4) is 0 Å². The van der Waals surface area contributed by atoms with Crippen LogP contribution in [0.5, 0.6) is 5.75 Å². The van der Waals surface area contributed by atoms with Crippen molar-refractivity contribution in [3.63, 3.8) is 0 Å². The summed E-state index contributed by atoms with van der Waals surface area (Å²) < 4.78 is 12.4. The normalized spacial score (nSPS) is 10.6. The molecule has 0 fully saturated rings. The van der Waals surface area contributed by atoms with E-state index in [0.717, 1.165) is 17.0 Å². The summed E-state index contributed by atoms with van der Waals surface area (Å²) in [6, 6.07) is 7.85. The molecule has 6 heteroatoms. The molecule has 1 aromatic heterocycles. The first-order chi connectivity index (χ1) is 9.33. The first-order valence-corrected chi connectivity index (χ1v) is 6.12. The fourth-order valence-corrected chi connectivity index (χ4v) is 1.75. The van der Waals surface area contributed by atoms with Crippen LogP contribution in [0.4, 0.5) is 0 Å². The van der Waals surface area contributed by atoms with Crippen molar-refractivity contribution in [3.05, 3.63) is 41.7 Å². The van der Waals surface area contributed by atoms with Gasteiger partial charge >= 0.3 is 0 Å². The molecule has 0 saturated heterocycles. The second-order valence-electron chi connectivity index (χ2n) is 4.06. The van der Waals surface area contributed by atoms with Gasteiger partial charge in [0.2, 0.25) is 0 Å². The fraction of sp³-hybridized carbons (Fsp3) is 0.385. The Balaban J connectivity index is 1.99. The molecule has 0 aliphatic rings. The third kappa shape index (κ3) is 3.77. The maximum atomic E-state index is 5.35. The molecule has 6 nitrogen and oxygen atoms in total. The summed E-state index contributed by atoms with van der Waals surface area (Å²) in [5, 5.41) is 8.11. The molecule has 2 aromatic rings. The Bertz CT molecular complexity index is 513.